The second-order valence-electron chi connectivity index (χ2n) is 9.62. The lowest BCUT2D eigenvalue weighted by Gasteiger charge is -2.39. The number of aromatic nitrogens is 2. The molecule has 1 amide bonds. The molecular formula is C26H28F3N5O. The van der Waals surface area contributed by atoms with Gasteiger partial charge in [0.2, 0.25) is 5.91 Å². The molecule has 5 rings (SSSR count). The molecule has 6 nitrogen and oxygen atoms in total. The van der Waals surface area contributed by atoms with Crippen LogP contribution in [0.25, 0.3) is 10.9 Å². The number of amides is 1. The van der Waals surface area contributed by atoms with Gasteiger partial charge in [-0.2, -0.15) is 10.2 Å². The van der Waals surface area contributed by atoms with Gasteiger partial charge in [-0.15, -0.1) is 0 Å². The molecule has 1 atom stereocenters. The van der Waals surface area contributed by atoms with E-state index in [0.717, 1.165) is 56.0 Å². The molecule has 2 aromatic carbocycles. The molecule has 1 spiro atoms. The Labute approximate surface area is 202 Å². The lowest BCUT2D eigenvalue weighted by atomic mass is 9.77. The quantitative estimate of drug-likeness (QED) is 0.532. The second-order valence-corrected chi connectivity index (χ2v) is 9.62. The van der Waals surface area contributed by atoms with Gasteiger partial charge in [-0.1, -0.05) is 18.2 Å². The topological polar surface area (TPSA) is 61.4 Å². The number of nitrogens with zero attached hydrogens (tertiary/aromatic N) is 4. The number of fused-ring (bicyclic) bond motifs is 1. The zero-order valence-electron chi connectivity index (χ0n) is 19.8. The number of alkyl halides is 2. The molecule has 184 valence electrons. The highest BCUT2D eigenvalue weighted by Crippen LogP contribution is 2.42. The van der Waals surface area contributed by atoms with E-state index in [1.54, 1.807) is 13.1 Å². The number of hydrogen-bond donors (Lipinski definition) is 1. The molecule has 0 unspecified atom stereocenters. The number of piperidine rings is 1. The van der Waals surface area contributed by atoms with Crippen molar-refractivity contribution in [2.75, 3.05) is 36.9 Å². The standard InChI is InChI=1S/C26H28F3N5O/c1-16(18-4-3-5-19(23(18)27)24(28)29)31-22-15-30-32-21-7-6-17(14-20(21)22)34-12-9-26(10-13-34)8-11-33(2)25(26)35/h3-7,14-16,24H,8-13H2,1-2H3,(H,31,32)/t16-/m1/s1. The van der Waals surface area contributed by atoms with Crippen molar-refractivity contribution in [2.45, 2.75) is 38.7 Å². The minimum absolute atomic E-state index is 0.163. The van der Waals surface area contributed by atoms with E-state index in [9.17, 15) is 18.0 Å². The summed E-state index contributed by atoms with van der Waals surface area (Å²) < 4.78 is 41.0. The molecule has 0 radical (unpaired) electrons. The normalized spacial score (nSPS) is 18.6. The fourth-order valence-corrected chi connectivity index (χ4v) is 5.39. The third-order valence-corrected chi connectivity index (χ3v) is 7.57. The van der Waals surface area contributed by atoms with Crippen LogP contribution >= 0.6 is 0 Å². The summed E-state index contributed by atoms with van der Waals surface area (Å²) in [4.78, 5) is 16.8. The van der Waals surface area contributed by atoms with Crippen LogP contribution in [-0.4, -0.2) is 47.7 Å². The zero-order chi connectivity index (χ0) is 24.7. The third-order valence-electron chi connectivity index (χ3n) is 7.57. The molecule has 1 aromatic heterocycles. The highest BCUT2D eigenvalue weighted by atomic mass is 19.3. The Morgan fingerprint density at radius 1 is 1.06 bits per heavy atom. The van der Waals surface area contributed by atoms with Crippen molar-refractivity contribution in [3.05, 3.63) is 59.5 Å². The number of rotatable bonds is 5. The number of hydrogen-bond acceptors (Lipinski definition) is 5. The van der Waals surface area contributed by atoms with Gasteiger partial charge >= 0.3 is 0 Å². The molecule has 1 N–H and O–H groups in total. The first kappa shape index (κ1) is 23.4. The average molecular weight is 484 g/mol. The van der Waals surface area contributed by atoms with E-state index in [1.807, 2.05) is 30.1 Å². The minimum atomic E-state index is -2.88. The molecule has 0 bridgehead atoms. The van der Waals surface area contributed by atoms with Gasteiger partial charge in [0, 0.05) is 43.3 Å². The molecule has 3 aromatic rings. The second kappa shape index (κ2) is 9.02. The molecule has 0 aliphatic carbocycles. The van der Waals surface area contributed by atoms with Crippen molar-refractivity contribution in [2.24, 2.45) is 5.41 Å². The van der Waals surface area contributed by atoms with Crippen LogP contribution in [0, 0.1) is 11.2 Å². The summed E-state index contributed by atoms with van der Waals surface area (Å²) in [6.07, 6.45) is 1.25. The third kappa shape index (κ3) is 4.17. The van der Waals surface area contributed by atoms with Crippen LogP contribution in [0.1, 0.15) is 49.8 Å². The van der Waals surface area contributed by atoms with E-state index in [1.165, 1.54) is 12.1 Å². The molecule has 2 aliphatic heterocycles. The average Bonchev–Trinajstić information content (AvgIpc) is 3.13. The SMILES string of the molecule is C[C@@H](Nc1cnnc2ccc(N3CCC4(CCN(C)C4=O)CC3)cc12)c1cccc(C(F)F)c1F. The van der Waals surface area contributed by atoms with Crippen LogP contribution in [0.5, 0.6) is 0 Å². The lowest BCUT2D eigenvalue weighted by Crippen LogP contribution is -2.44. The molecule has 2 saturated heterocycles. The molecule has 2 aliphatic rings. The van der Waals surface area contributed by atoms with Crippen molar-refractivity contribution in [3.63, 3.8) is 0 Å². The first-order valence-corrected chi connectivity index (χ1v) is 11.9. The predicted octanol–water partition coefficient (Wildman–Crippen LogP) is 5.33. The van der Waals surface area contributed by atoms with Crippen molar-refractivity contribution in [3.8, 4) is 0 Å². The number of carbonyl (C=O) groups excluding carboxylic acids is 1. The number of benzene rings is 2. The van der Waals surface area contributed by atoms with Crippen LogP contribution in [0.4, 0.5) is 24.5 Å². The summed E-state index contributed by atoms with van der Waals surface area (Å²) in [5.41, 5.74) is 1.66. The highest BCUT2D eigenvalue weighted by molar-refractivity contribution is 5.93. The summed E-state index contributed by atoms with van der Waals surface area (Å²) >= 11 is 0. The van der Waals surface area contributed by atoms with E-state index >= 15 is 0 Å². The van der Waals surface area contributed by atoms with Gasteiger partial charge in [0.15, 0.2) is 0 Å². The number of carbonyl (C=O) groups is 1. The van der Waals surface area contributed by atoms with E-state index < -0.39 is 23.8 Å². The molecule has 9 heteroatoms. The lowest BCUT2D eigenvalue weighted by molar-refractivity contribution is -0.135. The van der Waals surface area contributed by atoms with Crippen LogP contribution in [0.2, 0.25) is 0 Å². The van der Waals surface area contributed by atoms with E-state index in [0.29, 0.717) is 11.2 Å². The van der Waals surface area contributed by atoms with Crippen molar-refractivity contribution in [1.29, 1.82) is 0 Å². The molecule has 35 heavy (non-hydrogen) atoms. The minimum Gasteiger partial charge on any atom is -0.377 e. The monoisotopic (exact) mass is 483 g/mol. The van der Waals surface area contributed by atoms with Gasteiger partial charge in [0.25, 0.3) is 6.43 Å². The zero-order valence-corrected chi connectivity index (χ0v) is 19.8. The Morgan fingerprint density at radius 2 is 1.77 bits per heavy atom. The maximum absolute atomic E-state index is 14.7. The van der Waals surface area contributed by atoms with Crippen LogP contribution in [-0.2, 0) is 4.79 Å². The largest absolute Gasteiger partial charge is 0.377 e. The maximum Gasteiger partial charge on any atom is 0.266 e. The number of halogens is 3. The predicted molar refractivity (Wildman–Crippen MR) is 129 cm³/mol. The molecular weight excluding hydrogens is 455 g/mol. The van der Waals surface area contributed by atoms with Gasteiger partial charge < -0.3 is 15.1 Å². The fraction of sp³-hybridized carbons (Fsp3) is 0.423. The summed E-state index contributed by atoms with van der Waals surface area (Å²) in [7, 11) is 1.87. The van der Waals surface area contributed by atoms with Crippen molar-refractivity contribution < 1.29 is 18.0 Å². The van der Waals surface area contributed by atoms with Crippen LogP contribution in [0.15, 0.2) is 42.6 Å². The molecule has 2 fully saturated rings. The smallest absolute Gasteiger partial charge is 0.266 e. The fourth-order valence-electron chi connectivity index (χ4n) is 5.39. The van der Waals surface area contributed by atoms with E-state index in [4.69, 9.17) is 0 Å². The van der Waals surface area contributed by atoms with Gasteiger partial charge in [-0.25, -0.2) is 13.2 Å². The van der Waals surface area contributed by atoms with Crippen LogP contribution < -0.4 is 10.2 Å². The first-order valence-electron chi connectivity index (χ1n) is 11.9. The van der Waals surface area contributed by atoms with Gasteiger partial charge in [-0.05, 0) is 44.4 Å². The Bertz CT molecular complexity index is 1260. The Balaban J connectivity index is 1.39. The van der Waals surface area contributed by atoms with Crippen LogP contribution in [0.3, 0.4) is 0 Å². The summed E-state index contributed by atoms with van der Waals surface area (Å²) in [5.74, 6) is -0.640. The summed E-state index contributed by atoms with van der Waals surface area (Å²) in [5, 5.41) is 12.3. The Morgan fingerprint density at radius 3 is 2.46 bits per heavy atom. The number of nitrogens with one attached hydrogen (secondary N) is 1. The van der Waals surface area contributed by atoms with Crippen molar-refractivity contribution in [1.82, 2.24) is 15.1 Å². The number of likely N-dealkylation sites (tertiary alicyclic amines) is 1. The summed E-state index contributed by atoms with van der Waals surface area (Å²) in [6, 6.07) is 9.39. The number of anilines is 2. The first-order chi connectivity index (χ1) is 16.8. The van der Waals surface area contributed by atoms with Gasteiger partial charge in [-0.3, -0.25) is 4.79 Å². The maximum atomic E-state index is 14.7. The van der Waals surface area contributed by atoms with E-state index in [-0.39, 0.29) is 16.9 Å². The Hall–Kier alpha value is -3.36. The van der Waals surface area contributed by atoms with Crippen molar-refractivity contribution >= 4 is 28.2 Å². The molecule has 0 saturated carbocycles. The Kier molecular flexibility index (Phi) is 6.02. The molecule has 3 heterocycles. The van der Waals surface area contributed by atoms with E-state index in [2.05, 4.69) is 20.4 Å². The van der Waals surface area contributed by atoms with Gasteiger partial charge in [0.1, 0.15) is 5.82 Å². The highest BCUT2D eigenvalue weighted by Gasteiger charge is 2.46. The van der Waals surface area contributed by atoms with Gasteiger partial charge in [0.05, 0.1) is 34.4 Å². The summed E-state index contributed by atoms with van der Waals surface area (Å²) in [6.45, 7) is 4.12.